The average molecular weight is 518 g/mol. The van der Waals surface area contributed by atoms with Gasteiger partial charge in [-0.2, -0.15) is 0 Å². The van der Waals surface area contributed by atoms with Gasteiger partial charge in [0, 0.05) is 37.5 Å². The molecule has 0 aromatic heterocycles. The van der Waals surface area contributed by atoms with Crippen LogP contribution in [-0.4, -0.2) is 69.9 Å². The molecule has 1 saturated heterocycles. The number of carbonyl (C=O) groups excluding carboxylic acids is 3. The van der Waals surface area contributed by atoms with Crippen LogP contribution in [0, 0.1) is 22.7 Å². The number of ether oxygens (including phenoxy) is 4. The van der Waals surface area contributed by atoms with Crippen LogP contribution in [0.4, 0.5) is 0 Å². The monoisotopic (exact) mass is 517 g/mol. The molecule has 6 aliphatic rings. The summed E-state index contributed by atoms with van der Waals surface area (Å²) < 4.78 is 24.5. The maximum absolute atomic E-state index is 13.9. The molecule has 2 bridgehead atoms. The number of carbonyl (C=O) groups is 3. The summed E-state index contributed by atoms with van der Waals surface area (Å²) in [5, 5.41) is 12.2. The van der Waals surface area contributed by atoms with E-state index in [1.165, 1.54) is 6.92 Å². The van der Waals surface area contributed by atoms with E-state index in [2.05, 4.69) is 6.92 Å². The fourth-order valence-electron chi connectivity index (χ4n) is 10.0. The highest BCUT2D eigenvalue weighted by atomic mass is 16.8. The van der Waals surface area contributed by atoms with Gasteiger partial charge in [-0.1, -0.05) is 13.8 Å². The zero-order valence-corrected chi connectivity index (χ0v) is 22.7. The molecule has 4 aliphatic carbocycles. The first-order chi connectivity index (χ1) is 17.2. The zero-order chi connectivity index (χ0) is 26.8. The third kappa shape index (κ3) is 2.86. The Morgan fingerprint density at radius 2 is 1.89 bits per heavy atom. The summed E-state index contributed by atoms with van der Waals surface area (Å²) >= 11 is 0. The van der Waals surface area contributed by atoms with Crippen LogP contribution < -0.4 is 0 Å². The number of hydrogen-bond donors (Lipinski definition) is 1. The number of nitrogens with zero attached hydrogens (tertiary/aromatic N) is 1. The van der Waals surface area contributed by atoms with Crippen molar-refractivity contribution in [1.82, 2.24) is 0 Å². The molecule has 0 radical (unpaired) electrons. The fourth-order valence-corrected chi connectivity index (χ4v) is 10.0. The standard InChI is InChI=1S/C28H39NO8/c1-15-29-27-18(8-10-26(35-15)12-17(31)7-9-25(26,27)6)19-11-22-28(37-23(3,4)36-22,21(33)14-34-16(2)30)24(19,5)13-20(27)32/h18-20,22,32H,7-14H2,1-6H3/t18-,19-,20-,22+,24-,25-,26+,27-,28+/m0/s1. The topological polar surface area (TPSA) is 121 Å². The van der Waals surface area contributed by atoms with E-state index in [1.807, 2.05) is 13.8 Å². The van der Waals surface area contributed by atoms with Gasteiger partial charge in [0.2, 0.25) is 5.78 Å². The van der Waals surface area contributed by atoms with Crippen molar-refractivity contribution in [2.24, 2.45) is 27.7 Å². The predicted octanol–water partition coefficient (Wildman–Crippen LogP) is 2.90. The Bertz CT molecular complexity index is 1120. The van der Waals surface area contributed by atoms with Gasteiger partial charge >= 0.3 is 5.97 Å². The molecule has 5 fully saturated rings. The summed E-state index contributed by atoms with van der Waals surface area (Å²) in [6, 6.07) is 0. The molecule has 1 N–H and O–H groups in total. The van der Waals surface area contributed by atoms with E-state index in [4.69, 9.17) is 23.9 Å². The molecule has 37 heavy (non-hydrogen) atoms. The highest BCUT2D eigenvalue weighted by Gasteiger charge is 2.82. The van der Waals surface area contributed by atoms with Gasteiger partial charge < -0.3 is 24.1 Å². The first-order valence-corrected chi connectivity index (χ1v) is 13.7. The summed E-state index contributed by atoms with van der Waals surface area (Å²) in [4.78, 5) is 43.3. The van der Waals surface area contributed by atoms with Crippen molar-refractivity contribution in [1.29, 1.82) is 0 Å². The molecule has 0 aromatic rings. The van der Waals surface area contributed by atoms with Crippen LogP contribution in [0.15, 0.2) is 4.99 Å². The molecule has 2 aliphatic heterocycles. The molecule has 4 saturated carbocycles. The number of esters is 1. The lowest BCUT2D eigenvalue weighted by Gasteiger charge is -2.71. The van der Waals surface area contributed by atoms with E-state index in [0.29, 0.717) is 38.0 Å². The molecule has 0 aromatic carbocycles. The predicted molar refractivity (Wildman–Crippen MR) is 131 cm³/mol. The first kappa shape index (κ1) is 25.4. The van der Waals surface area contributed by atoms with E-state index in [0.717, 1.165) is 6.42 Å². The summed E-state index contributed by atoms with van der Waals surface area (Å²) in [6.07, 6.45) is 2.29. The Morgan fingerprint density at radius 3 is 2.59 bits per heavy atom. The fraction of sp³-hybridized carbons (Fsp3) is 0.857. The Kier molecular flexibility index (Phi) is 5.10. The van der Waals surface area contributed by atoms with Gasteiger partial charge in [-0.15, -0.1) is 0 Å². The van der Waals surface area contributed by atoms with E-state index in [1.54, 1.807) is 13.8 Å². The molecule has 9 nitrogen and oxygen atoms in total. The van der Waals surface area contributed by atoms with Crippen molar-refractivity contribution in [3.63, 3.8) is 0 Å². The lowest BCUT2D eigenvalue weighted by molar-refractivity contribution is -0.267. The van der Waals surface area contributed by atoms with Crippen LogP contribution >= 0.6 is 0 Å². The molecule has 0 unspecified atom stereocenters. The van der Waals surface area contributed by atoms with E-state index < -0.39 is 58.1 Å². The number of aliphatic hydroxyl groups is 1. The van der Waals surface area contributed by atoms with Gasteiger partial charge in [-0.3, -0.25) is 14.4 Å². The number of fused-ring (bicyclic) bond motifs is 4. The lowest BCUT2D eigenvalue weighted by atomic mass is 9.38. The van der Waals surface area contributed by atoms with Gasteiger partial charge in [-0.25, -0.2) is 4.99 Å². The maximum Gasteiger partial charge on any atom is 0.303 e. The first-order valence-electron chi connectivity index (χ1n) is 13.7. The van der Waals surface area contributed by atoms with E-state index in [9.17, 15) is 19.5 Å². The van der Waals surface area contributed by atoms with Crippen molar-refractivity contribution in [2.45, 2.75) is 121 Å². The second-order valence-electron chi connectivity index (χ2n) is 13.3. The smallest absolute Gasteiger partial charge is 0.303 e. The van der Waals surface area contributed by atoms with Crippen molar-refractivity contribution in [3.05, 3.63) is 0 Å². The highest BCUT2D eigenvalue weighted by Crippen LogP contribution is 2.75. The third-order valence-electron chi connectivity index (χ3n) is 11.2. The average Bonchev–Trinajstić information content (AvgIpc) is 3.18. The van der Waals surface area contributed by atoms with Gasteiger partial charge in [0.15, 0.2) is 23.9 Å². The number of hydrogen-bond acceptors (Lipinski definition) is 9. The largest absolute Gasteiger partial charge is 0.474 e. The summed E-state index contributed by atoms with van der Waals surface area (Å²) in [7, 11) is 0. The second kappa shape index (κ2) is 7.42. The number of Topliss-reactive ketones (excluding diaryl/α,β-unsaturated/α-hetero) is 2. The maximum atomic E-state index is 13.9. The van der Waals surface area contributed by atoms with Gasteiger partial charge in [0.05, 0.1) is 12.2 Å². The number of ketones is 2. The minimum absolute atomic E-state index is 0.0274. The number of aliphatic imine (C=N–C) groups is 1. The van der Waals surface area contributed by atoms with Crippen LogP contribution in [0.25, 0.3) is 0 Å². The number of rotatable bonds is 3. The van der Waals surface area contributed by atoms with Gasteiger partial charge in [-0.05, 0) is 57.8 Å². The second-order valence-corrected chi connectivity index (χ2v) is 13.3. The van der Waals surface area contributed by atoms with Crippen LogP contribution in [0.3, 0.4) is 0 Å². The normalized spacial score (nSPS) is 51.1. The van der Waals surface area contributed by atoms with Crippen LogP contribution in [-0.2, 0) is 33.3 Å². The molecule has 2 heterocycles. The van der Waals surface area contributed by atoms with Crippen molar-refractivity contribution >= 4 is 23.4 Å². The molecule has 1 spiro atoms. The molecule has 0 amide bonds. The molecule has 204 valence electrons. The Labute approximate surface area is 217 Å². The SMILES string of the molecule is CC(=O)OCC(=O)[C@@]12OC(C)(C)O[C@@H]1C[C@H]1[C@@H]3CC[C@@]45CC(=O)CC[C@]4(C)[C@@]3(N=C(C)O5)[C@@H](O)C[C@@]12C. The molecular formula is C28H39NO8. The van der Waals surface area contributed by atoms with E-state index >= 15 is 0 Å². The van der Waals surface area contributed by atoms with Crippen LogP contribution in [0.1, 0.15) is 86.5 Å². The van der Waals surface area contributed by atoms with E-state index in [-0.39, 0.29) is 29.8 Å². The minimum atomic E-state index is -1.35. The lowest BCUT2D eigenvalue weighted by Crippen LogP contribution is -2.79. The minimum Gasteiger partial charge on any atom is -0.474 e. The number of aliphatic hydroxyl groups excluding tert-OH is 1. The van der Waals surface area contributed by atoms with Crippen molar-refractivity contribution in [3.8, 4) is 0 Å². The zero-order valence-electron chi connectivity index (χ0n) is 22.7. The Balaban J connectivity index is 1.48. The van der Waals surface area contributed by atoms with Gasteiger partial charge in [0.25, 0.3) is 0 Å². The molecule has 6 rings (SSSR count). The summed E-state index contributed by atoms with van der Waals surface area (Å²) in [5.41, 5.74) is -4.13. The summed E-state index contributed by atoms with van der Waals surface area (Å²) in [5.74, 6) is -1.20. The highest BCUT2D eigenvalue weighted by molar-refractivity contribution is 5.92. The molecule has 9 heteroatoms. The Morgan fingerprint density at radius 1 is 1.16 bits per heavy atom. The van der Waals surface area contributed by atoms with Crippen molar-refractivity contribution < 1.29 is 38.4 Å². The third-order valence-corrected chi connectivity index (χ3v) is 11.2. The van der Waals surface area contributed by atoms with Gasteiger partial charge in [0.1, 0.15) is 16.9 Å². The quantitative estimate of drug-likeness (QED) is 0.568. The Hall–Kier alpha value is -1.84. The molecule has 9 atom stereocenters. The van der Waals surface area contributed by atoms with Crippen molar-refractivity contribution in [2.75, 3.05) is 6.61 Å². The van der Waals surface area contributed by atoms with Crippen LogP contribution in [0.2, 0.25) is 0 Å². The summed E-state index contributed by atoms with van der Waals surface area (Å²) in [6.45, 7) is 10.5. The van der Waals surface area contributed by atoms with Crippen LogP contribution in [0.5, 0.6) is 0 Å². The molecular weight excluding hydrogens is 478 g/mol.